The minimum absolute atomic E-state index is 0.540. The van der Waals surface area contributed by atoms with Crippen molar-refractivity contribution in [3.8, 4) is 0 Å². The van der Waals surface area contributed by atoms with E-state index < -0.39 is 0 Å². The molecule has 0 saturated heterocycles. The molecule has 1 aliphatic rings. The normalized spacial score (nSPS) is 31.6. The van der Waals surface area contributed by atoms with Crippen LogP contribution in [0, 0.1) is 11.8 Å². The Morgan fingerprint density at radius 1 is 1.31 bits per heavy atom. The zero-order chi connectivity index (χ0) is 9.68. The zero-order valence-corrected chi connectivity index (χ0v) is 9.72. The van der Waals surface area contributed by atoms with Crippen LogP contribution in [-0.4, -0.2) is 18.5 Å². The SMILES string of the molecule is CC1CCC(OCC(C)CS)CC1. The number of hydrogen-bond acceptors (Lipinski definition) is 2. The van der Waals surface area contributed by atoms with Crippen molar-refractivity contribution >= 4 is 12.6 Å². The van der Waals surface area contributed by atoms with Crippen molar-refractivity contribution in [1.29, 1.82) is 0 Å². The van der Waals surface area contributed by atoms with Crippen LogP contribution in [0.2, 0.25) is 0 Å². The fraction of sp³-hybridized carbons (Fsp3) is 1.00. The molecule has 0 radical (unpaired) electrons. The van der Waals surface area contributed by atoms with Crippen LogP contribution < -0.4 is 0 Å². The van der Waals surface area contributed by atoms with E-state index in [1.54, 1.807) is 0 Å². The zero-order valence-electron chi connectivity index (χ0n) is 8.83. The van der Waals surface area contributed by atoms with Crippen LogP contribution in [0.1, 0.15) is 39.5 Å². The Morgan fingerprint density at radius 2 is 1.92 bits per heavy atom. The van der Waals surface area contributed by atoms with Gasteiger partial charge in [0.2, 0.25) is 0 Å². The minimum Gasteiger partial charge on any atom is -0.378 e. The molecule has 2 heteroatoms. The van der Waals surface area contributed by atoms with Gasteiger partial charge in [0.05, 0.1) is 12.7 Å². The third-order valence-electron chi connectivity index (χ3n) is 2.89. The van der Waals surface area contributed by atoms with Crippen LogP contribution in [0.4, 0.5) is 0 Å². The summed E-state index contributed by atoms with van der Waals surface area (Å²) >= 11 is 4.25. The van der Waals surface area contributed by atoms with Crippen LogP contribution in [0.3, 0.4) is 0 Å². The second kappa shape index (κ2) is 5.92. The Bertz CT molecular complexity index is 130. The van der Waals surface area contributed by atoms with Gasteiger partial charge in [-0.05, 0) is 43.3 Å². The molecule has 1 rings (SSSR count). The van der Waals surface area contributed by atoms with E-state index in [4.69, 9.17) is 4.74 Å². The van der Waals surface area contributed by atoms with E-state index in [0.717, 1.165) is 18.3 Å². The van der Waals surface area contributed by atoms with Crippen molar-refractivity contribution in [3.05, 3.63) is 0 Å². The lowest BCUT2D eigenvalue weighted by molar-refractivity contribution is 0.00684. The average Bonchev–Trinajstić information content (AvgIpc) is 2.16. The third kappa shape index (κ3) is 4.37. The van der Waals surface area contributed by atoms with Gasteiger partial charge in [-0.3, -0.25) is 0 Å². The van der Waals surface area contributed by atoms with E-state index in [9.17, 15) is 0 Å². The topological polar surface area (TPSA) is 9.23 Å². The number of rotatable bonds is 4. The first-order chi connectivity index (χ1) is 6.22. The van der Waals surface area contributed by atoms with Gasteiger partial charge >= 0.3 is 0 Å². The van der Waals surface area contributed by atoms with Crippen LogP contribution in [0.25, 0.3) is 0 Å². The number of ether oxygens (including phenoxy) is 1. The predicted molar refractivity (Wildman–Crippen MR) is 60.4 cm³/mol. The van der Waals surface area contributed by atoms with E-state index in [1.807, 2.05) is 0 Å². The number of hydrogen-bond donors (Lipinski definition) is 1. The molecule has 1 unspecified atom stereocenters. The molecule has 0 heterocycles. The van der Waals surface area contributed by atoms with E-state index in [0.29, 0.717) is 12.0 Å². The summed E-state index contributed by atoms with van der Waals surface area (Å²) < 4.78 is 5.84. The summed E-state index contributed by atoms with van der Waals surface area (Å²) in [6.07, 6.45) is 5.76. The van der Waals surface area contributed by atoms with Gasteiger partial charge in [0.1, 0.15) is 0 Å². The molecule has 0 aliphatic heterocycles. The fourth-order valence-electron chi connectivity index (χ4n) is 1.75. The molecule has 0 spiro atoms. The van der Waals surface area contributed by atoms with Gasteiger partial charge in [-0.2, -0.15) is 12.6 Å². The van der Waals surface area contributed by atoms with Gasteiger partial charge in [0.15, 0.2) is 0 Å². The van der Waals surface area contributed by atoms with Crippen LogP contribution >= 0.6 is 12.6 Å². The fourth-order valence-corrected chi connectivity index (χ4v) is 1.85. The lowest BCUT2D eigenvalue weighted by Gasteiger charge is -2.27. The summed E-state index contributed by atoms with van der Waals surface area (Å²) in [5, 5.41) is 0. The summed E-state index contributed by atoms with van der Waals surface area (Å²) in [6, 6.07) is 0. The highest BCUT2D eigenvalue weighted by atomic mass is 32.1. The third-order valence-corrected chi connectivity index (χ3v) is 3.51. The molecular weight excluding hydrogens is 180 g/mol. The summed E-state index contributed by atoms with van der Waals surface area (Å²) in [4.78, 5) is 0. The van der Waals surface area contributed by atoms with Gasteiger partial charge in [-0.25, -0.2) is 0 Å². The maximum absolute atomic E-state index is 5.84. The minimum atomic E-state index is 0.540. The van der Waals surface area contributed by atoms with Crippen molar-refractivity contribution in [2.75, 3.05) is 12.4 Å². The molecule has 1 fully saturated rings. The van der Waals surface area contributed by atoms with Crippen LogP contribution in [0.5, 0.6) is 0 Å². The monoisotopic (exact) mass is 202 g/mol. The van der Waals surface area contributed by atoms with Crippen LogP contribution in [-0.2, 0) is 4.74 Å². The molecule has 0 bridgehead atoms. The highest BCUT2D eigenvalue weighted by molar-refractivity contribution is 7.80. The quantitative estimate of drug-likeness (QED) is 0.689. The first kappa shape index (κ1) is 11.4. The lowest BCUT2D eigenvalue weighted by atomic mass is 9.89. The molecule has 1 saturated carbocycles. The molecule has 1 nitrogen and oxygen atoms in total. The van der Waals surface area contributed by atoms with E-state index in [-0.39, 0.29) is 0 Å². The average molecular weight is 202 g/mol. The second-order valence-electron chi connectivity index (χ2n) is 4.50. The van der Waals surface area contributed by atoms with Crippen molar-refractivity contribution in [1.82, 2.24) is 0 Å². The largest absolute Gasteiger partial charge is 0.378 e. The van der Waals surface area contributed by atoms with E-state index >= 15 is 0 Å². The van der Waals surface area contributed by atoms with Gasteiger partial charge in [0, 0.05) is 0 Å². The first-order valence-electron chi connectivity index (χ1n) is 5.44. The van der Waals surface area contributed by atoms with Gasteiger partial charge < -0.3 is 4.74 Å². The predicted octanol–water partition coefficient (Wildman–Crippen LogP) is 3.15. The Hall–Kier alpha value is 0.310. The van der Waals surface area contributed by atoms with Crippen molar-refractivity contribution in [3.63, 3.8) is 0 Å². The maximum atomic E-state index is 5.84. The molecular formula is C11H22OS. The smallest absolute Gasteiger partial charge is 0.0575 e. The molecule has 1 aliphatic carbocycles. The Kier molecular flexibility index (Phi) is 5.18. The summed E-state index contributed by atoms with van der Waals surface area (Å²) in [5.41, 5.74) is 0. The van der Waals surface area contributed by atoms with Crippen molar-refractivity contribution < 1.29 is 4.74 Å². The van der Waals surface area contributed by atoms with Crippen LogP contribution in [0.15, 0.2) is 0 Å². The van der Waals surface area contributed by atoms with E-state index in [2.05, 4.69) is 26.5 Å². The molecule has 0 aromatic carbocycles. The number of thiol groups is 1. The molecule has 78 valence electrons. The van der Waals surface area contributed by atoms with Gasteiger partial charge in [0.25, 0.3) is 0 Å². The standard InChI is InChI=1S/C11H22OS/c1-9-3-5-11(6-4-9)12-7-10(2)8-13/h9-11,13H,3-8H2,1-2H3. The Morgan fingerprint density at radius 3 is 2.46 bits per heavy atom. The highest BCUT2D eigenvalue weighted by Gasteiger charge is 2.18. The van der Waals surface area contributed by atoms with Crippen molar-refractivity contribution in [2.45, 2.75) is 45.6 Å². The maximum Gasteiger partial charge on any atom is 0.0575 e. The molecule has 0 N–H and O–H groups in total. The first-order valence-corrected chi connectivity index (χ1v) is 6.08. The highest BCUT2D eigenvalue weighted by Crippen LogP contribution is 2.25. The van der Waals surface area contributed by atoms with Gasteiger partial charge in [-0.1, -0.05) is 13.8 Å². The second-order valence-corrected chi connectivity index (χ2v) is 4.87. The molecule has 0 amide bonds. The molecule has 1 atom stereocenters. The summed E-state index contributed by atoms with van der Waals surface area (Å²) in [5.74, 6) is 2.45. The molecule has 0 aromatic heterocycles. The summed E-state index contributed by atoms with van der Waals surface area (Å²) in [7, 11) is 0. The lowest BCUT2D eigenvalue weighted by Crippen LogP contribution is -2.23. The van der Waals surface area contributed by atoms with Gasteiger partial charge in [-0.15, -0.1) is 0 Å². The Balaban J connectivity index is 2.08. The summed E-state index contributed by atoms with van der Waals surface area (Å²) in [6.45, 7) is 5.42. The Labute approximate surface area is 87.7 Å². The van der Waals surface area contributed by atoms with E-state index in [1.165, 1.54) is 25.7 Å². The van der Waals surface area contributed by atoms with Crippen molar-refractivity contribution in [2.24, 2.45) is 11.8 Å². The molecule has 0 aromatic rings. The molecule has 13 heavy (non-hydrogen) atoms.